The molecule has 0 aliphatic carbocycles. The SMILES string of the molecule is O=S(=O)(NCCCC(F)(F)F)c1cncc(C#CCO)c1. The molecule has 0 radical (unpaired) electrons. The van der Waals surface area contributed by atoms with Crippen molar-refractivity contribution in [3.63, 3.8) is 0 Å². The van der Waals surface area contributed by atoms with E-state index in [1.54, 1.807) is 0 Å². The maximum Gasteiger partial charge on any atom is 0.389 e. The number of alkyl halides is 3. The highest BCUT2D eigenvalue weighted by atomic mass is 32.2. The average molecular weight is 322 g/mol. The summed E-state index contributed by atoms with van der Waals surface area (Å²) in [6, 6.07) is 1.22. The summed E-state index contributed by atoms with van der Waals surface area (Å²) in [5.74, 6) is 4.83. The van der Waals surface area contributed by atoms with Crippen molar-refractivity contribution >= 4 is 10.0 Å². The van der Waals surface area contributed by atoms with E-state index in [9.17, 15) is 21.6 Å². The first kappa shape index (κ1) is 17.4. The molecular weight excluding hydrogens is 309 g/mol. The summed E-state index contributed by atoms with van der Waals surface area (Å²) in [7, 11) is -3.94. The number of aromatic nitrogens is 1. The molecule has 0 spiro atoms. The fourth-order valence-electron chi connectivity index (χ4n) is 1.35. The van der Waals surface area contributed by atoms with Crippen LogP contribution in [0.2, 0.25) is 0 Å². The molecule has 9 heteroatoms. The molecule has 0 saturated carbocycles. The van der Waals surface area contributed by atoms with Gasteiger partial charge in [0.1, 0.15) is 11.5 Å². The second-order valence-corrected chi connectivity index (χ2v) is 5.75. The highest BCUT2D eigenvalue weighted by Crippen LogP contribution is 2.20. The predicted molar refractivity (Wildman–Crippen MR) is 68.7 cm³/mol. The van der Waals surface area contributed by atoms with E-state index in [0.717, 1.165) is 6.20 Å². The van der Waals surface area contributed by atoms with Crippen LogP contribution >= 0.6 is 0 Å². The van der Waals surface area contributed by atoms with Crippen molar-refractivity contribution in [3.8, 4) is 11.8 Å². The van der Waals surface area contributed by atoms with Crippen LogP contribution in [0.15, 0.2) is 23.4 Å². The number of nitrogens with one attached hydrogen (secondary N) is 1. The minimum absolute atomic E-state index is 0.195. The maximum absolute atomic E-state index is 11.9. The summed E-state index contributed by atoms with van der Waals surface area (Å²) in [5.41, 5.74) is 0.280. The minimum atomic E-state index is -4.31. The van der Waals surface area contributed by atoms with Crippen molar-refractivity contribution in [2.75, 3.05) is 13.2 Å². The van der Waals surface area contributed by atoms with Crippen LogP contribution in [0.5, 0.6) is 0 Å². The molecule has 0 aliphatic heterocycles. The Morgan fingerprint density at radius 3 is 2.67 bits per heavy atom. The van der Waals surface area contributed by atoms with Gasteiger partial charge < -0.3 is 5.11 Å². The first-order valence-corrected chi connectivity index (χ1v) is 7.34. The molecule has 1 aromatic rings. The van der Waals surface area contributed by atoms with Crippen molar-refractivity contribution in [2.24, 2.45) is 0 Å². The van der Waals surface area contributed by atoms with Gasteiger partial charge >= 0.3 is 6.18 Å². The lowest BCUT2D eigenvalue weighted by molar-refractivity contribution is -0.135. The molecule has 2 N–H and O–H groups in total. The number of pyridine rings is 1. The van der Waals surface area contributed by atoms with Crippen LogP contribution in [-0.2, 0) is 10.0 Å². The Morgan fingerprint density at radius 1 is 1.33 bits per heavy atom. The third kappa shape index (κ3) is 6.57. The van der Waals surface area contributed by atoms with Crippen LogP contribution in [-0.4, -0.2) is 37.8 Å². The van der Waals surface area contributed by atoms with E-state index in [1.807, 2.05) is 0 Å². The largest absolute Gasteiger partial charge is 0.389 e. The number of hydrogen-bond donors (Lipinski definition) is 2. The summed E-state index contributed by atoms with van der Waals surface area (Å²) in [6.07, 6.45) is -3.34. The highest BCUT2D eigenvalue weighted by Gasteiger charge is 2.26. The van der Waals surface area contributed by atoms with Crippen LogP contribution in [0, 0.1) is 11.8 Å². The molecule has 0 saturated heterocycles. The molecule has 21 heavy (non-hydrogen) atoms. The lowest BCUT2D eigenvalue weighted by Crippen LogP contribution is -2.26. The molecule has 5 nitrogen and oxygen atoms in total. The first-order chi connectivity index (χ1) is 9.74. The van der Waals surface area contributed by atoms with Crippen molar-refractivity contribution in [1.29, 1.82) is 0 Å². The van der Waals surface area contributed by atoms with E-state index in [0.29, 0.717) is 0 Å². The van der Waals surface area contributed by atoms with Gasteiger partial charge in [0.2, 0.25) is 10.0 Å². The molecule has 0 fully saturated rings. The lowest BCUT2D eigenvalue weighted by Gasteiger charge is -2.08. The number of aliphatic hydroxyl groups is 1. The van der Waals surface area contributed by atoms with E-state index < -0.39 is 22.6 Å². The third-order valence-electron chi connectivity index (χ3n) is 2.26. The Morgan fingerprint density at radius 2 is 2.05 bits per heavy atom. The summed E-state index contributed by atoms with van der Waals surface area (Å²) >= 11 is 0. The van der Waals surface area contributed by atoms with E-state index in [2.05, 4.69) is 21.5 Å². The second-order valence-electron chi connectivity index (χ2n) is 3.99. The van der Waals surface area contributed by atoms with Crippen molar-refractivity contribution < 1.29 is 26.7 Å². The van der Waals surface area contributed by atoms with Crippen molar-refractivity contribution in [1.82, 2.24) is 9.71 Å². The van der Waals surface area contributed by atoms with E-state index in [1.165, 1.54) is 12.3 Å². The number of aliphatic hydroxyl groups excluding tert-OH is 1. The van der Waals surface area contributed by atoms with Crippen molar-refractivity contribution in [2.45, 2.75) is 23.9 Å². The fourth-order valence-corrected chi connectivity index (χ4v) is 2.42. The Labute approximate surface area is 120 Å². The van der Waals surface area contributed by atoms with Crippen LogP contribution in [0.1, 0.15) is 18.4 Å². The summed E-state index contributed by atoms with van der Waals surface area (Å²) in [5, 5.41) is 8.55. The molecular formula is C12H13F3N2O3S. The van der Waals surface area contributed by atoms with Gasteiger partial charge in [-0.1, -0.05) is 11.8 Å². The van der Waals surface area contributed by atoms with Gasteiger partial charge in [0.15, 0.2) is 0 Å². The van der Waals surface area contributed by atoms with Gasteiger partial charge in [0.05, 0.1) is 0 Å². The van der Waals surface area contributed by atoms with E-state index in [-0.39, 0.29) is 30.0 Å². The topological polar surface area (TPSA) is 79.3 Å². The lowest BCUT2D eigenvalue weighted by atomic mass is 10.3. The zero-order valence-electron chi connectivity index (χ0n) is 10.8. The average Bonchev–Trinajstić information content (AvgIpc) is 2.41. The Kier molecular flexibility index (Phi) is 6.14. The molecule has 0 aromatic carbocycles. The number of sulfonamides is 1. The molecule has 0 aliphatic rings. The monoisotopic (exact) mass is 322 g/mol. The Balaban J connectivity index is 2.70. The van der Waals surface area contributed by atoms with Crippen molar-refractivity contribution in [3.05, 3.63) is 24.0 Å². The molecule has 0 amide bonds. The summed E-state index contributed by atoms with van der Waals surface area (Å²) in [4.78, 5) is 3.49. The van der Waals surface area contributed by atoms with Gasteiger partial charge in [-0.2, -0.15) is 13.2 Å². The van der Waals surface area contributed by atoms with Crippen LogP contribution in [0.25, 0.3) is 0 Å². The number of nitrogens with zero attached hydrogens (tertiary/aromatic N) is 1. The van der Waals surface area contributed by atoms with Gasteiger partial charge in [-0.15, -0.1) is 0 Å². The Bertz CT molecular complexity index is 633. The minimum Gasteiger partial charge on any atom is -0.384 e. The molecule has 1 heterocycles. The summed E-state index contributed by atoms with van der Waals surface area (Å²) < 4.78 is 61.6. The maximum atomic E-state index is 11.9. The smallest absolute Gasteiger partial charge is 0.384 e. The second kappa shape index (κ2) is 7.40. The predicted octanol–water partition coefficient (Wildman–Crippen LogP) is 1.05. The number of halogens is 3. The Hall–Kier alpha value is -1.63. The van der Waals surface area contributed by atoms with E-state index >= 15 is 0 Å². The van der Waals surface area contributed by atoms with Crippen LogP contribution < -0.4 is 4.72 Å². The number of hydrogen-bond acceptors (Lipinski definition) is 4. The molecule has 0 bridgehead atoms. The first-order valence-electron chi connectivity index (χ1n) is 5.86. The fraction of sp³-hybridized carbons (Fsp3) is 0.417. The molecule has 116 valence electrons. The van der Waals surface area contributed by atoms with E-state index in [4.69, 9.17) is 5.11 Å². The third-order valence-corrected chi connectivity index (χ3v) is 3.69. The molecule has 0 atom stereocenters. The number of rotatable bonds is 5. The van der Waals surface area contributed by atoms with Gasteiger partial charge in [-0.05, 0) is 12.5 Å². The van der Waals surface area contributed by atoms with Gasteiger partial charge in [0.25, 0.3) is 0 Å². The zero-order chi connectivity index (χ0) is 15.9. The normalized spacial score (nSPS) is 11.8. The summed E-state index contributed by atoms with van der Waals surface area (Å²) in [6.45, 7) is -0.707. The van der Waals surface area contributed by atoms with Crippen LogP contribution in [0.3, 0.4) is 0 Å². The molecule has 1 rings (SSSR count). The molecule has 0 unspecified atom stereocenters. The highest BCUT2D eigenvalue weighted by molar-refractivity contribution is 7.89. The van der Waals surface area contributed by atoms with Gasteiger partial charge in [-0.25, -0.2) is 13.1 Å². The zero-order valence-corrected chi connectivity index (χ0v) is 11.6. The quantitative estimate of drug-likeness (QED) is 0.627. The van der Waals surface area contributed by atoms with Gasteiger partial charge in [0, 0.05) is 30.9 Å². The standard InChI is InChI=1S/C12H13F3N2O3S/c13-12(14,15)4-2-5-17-21(19,20)11-7-10(3-1-6-18)8-16-9-11/h7-9,17-18H,2,4-6H2. The van der Waals surface area contributed by atoms with Crippen LogP contribution in [0.4, 0.5) is 13.2 Å². The molecule has 1 aromatic heterocycles. The van der Waals surface area contributed by atoms with Gasteiger partial charge in [-0.3, -0.25) is 4.98 Å².